The molecule has 2 saturated heterocycles. The Morgan fingerprint density at radius 1 is 1.31 bits per heavy atom. The Balaban J connectivity index is 1.50. The van der Waals surface area contributed by atoms with Crippen LogP contribution < -0.4 is 5.32 Å². The van der Waals surface area contributed by atoms with Gasteiger partial charge in [-0.2, -0.15) is 0 Å². The van der Waals surface area contributed by atoms with Gasteiger partial charge >= 0.3 is 0 Å². The van der Waals surface area contributed by atoms with Crippen molar-refractivity contribution < 1.29 is 18.6 Å². The molecule has 1 aromatic rings. The molecule has 7 heteroatoms. The second-order valence-corrected chi connectivity index (χ2v) is 7.69. The third-order valence-electron chi connectivity index (χ3n) is 5.17. The summed E-state index contributed by atoms with van der Waals surface area (Å²) in [7, 11) is 0. The molecule has 2 fully saturated rings. The van der Waals surface area contributed by atoms with Gasteiger partial charge in [-0.25, -0.2) is 4.39 Å². The van der Waals surface area contributed by atoms with E-state index in [-0.39, 0.29) is 24.1 Å². The number of hydrogen-bond acceptors (Lipinski definition) is 4. The van der Waals surface area contributed by atoms with E-state index in [0.717, 1.165) is 50.5 Å². The molecular formula is C22H34FN3O3. The number of benzene rings is 1. The van der Waals surface area contributed by atoms with E-state index < -0.39 is 0 Å². The normalized spacial score (nSPS) is 25.4. The summed E-state index contributed by atoms with van der Waals surface area (Å²) in [6, 6.07) is 6.56. The van der Waals surface area contributed by atoms with Crippen molar-refractivity contribution in [3.63, 3.8) is 0 Å². The first kappa shape index (κ1) is 22.0. The van der Waals surface area contributed by atoms with Crippen molar-refractivity contribution in [3.05, 3.63) is 35.6 Å². The smallest absolute Gasteiger partial charge is 0.194 e. The SMILES string of the molecule is CCNC(=NCCCOCC1CCCO1)N1CC(C)OC(c2ccc(F)cc2)C1. The van der Waals surface area contributed by atoms with E-state index in [9.17, 15) is 4.39 Å². The minimum Gasteiger partial charge on any atom is -0.379 e. The van der Waals surface area contributed by atoms with E-state index in [1.807, 2.05) is 0 Å². The highest BCUT2D eigenvalue weighted by molar-refractivity contribution is 5.80. The highest BCUT2D eigenvalue weighted by atomic mass is 19.1. The highest BCUT2D eigenvalue weighted by Gasteiger charge is 2.28. The highest BCUT2D eigenvalue weighted by Crippen LogP contribution is 2.25. The van der Waals surface area contributed by atoms with E-state index in [1.54, 1.807) is 12.1 Å². The maximum atomic E-state index is 13.3. The van der Waals surface area contributed by atoms with Crippen molar-refractivity contribution in [3.8, 4) is 0 Å². The lowest BCUT2D eigenvalue weighted by Gasteiger charge is -2.38. The predicted molar refractivity (Wildman–Crippen MR) is 112 cm³/mol. The molecule has 0 saturated carbocycles. The third-order valence-corrected chi connectivity index (χ3v) is 5.17. The van der Waals surface area contributed by atoms with Crippen LogP contribution in [0, 0.1) is 5.82 Å². The maximum Gasteiger partial charge on any atom is 0.194 e. The molecule has 0 spiro atoms. The summed E-state index contributed by atoms with van der Waals surface area (Å²) >= 11 is 0. The molecular weight excluding hydrogens is 373 g/mol. The fourth-order valence-corrected chi connectivity index (χ4v) is 3.75. The number of nitrogens with one attached hydrogen (secondary N) is 1. The van der Waals surface area contributed by atoms with Crippen LogP contribution in [0.5, 0.6) is 0 Å². The quantitative estimate of drug-likeness (QED) is 0.408. The van der Waals surface area contributed by atoms with Crippen molar-refractivity contribution >= 4 is 5.96 Å². The van der Waals surface area contributed by atoms with E-state index in [4.69, 9.17) is 19.2 Å². The number of guanidine groups is 1. The summed E-state index contributed by atoms with van der Waals surface area (Å²) in [5.41, 5.74) is 0.987. The van der Waals surface area contributed by atoms with Crippen molar-refractivity contribution in [2.75, 3.05) is 46.0 Å². The summed E-state index contributed by atoms with van der Waals surface area (Å²) in [5, 5.41) is 3.39. The molecule has 6 nitrogen and oxygen atoms in total. The Morgan fingerprint density at radius 2 is 2.14 bits per heavy atom. The molecule has 1 N–H and O–H groups in total. The van der Waals surface area contributed by atoms with Gasteiger partial charge in [-0.15, -0.1) is 0 Å². The Bertz CT molecular complexity index is 635. The topological polar surface area (TPSA) is 55.3 Å². The average molecular weight is 408 g/mol. The Morgan fingerprint density at radius 3 is 2.86 bits per heavy atom. The van der Waals surface area contributed by atoms with Crippen molar-refractivity contribution in [2.45, 2.75) is 51.4 Å². The Kier molecular flexibility index (Phi) is 8.70. The standard InChI is InChI=1S/C22H34FN3O3/c1-3-24-22(25-11-5-12-27-16-20-6-4-13-28-20)26-14-17(2)29-21(15-26)18-7-9-19(23)10-8-18/h7-10,17,20-21H,3-6,11-16H2,1-2H3,(H,24,25). The van der Waals surface area contributed by atoms with Crippen molar-refractivity contribution in [2.24, 2.45) is 4.99 Å². The summed E-state index contributed by atoms with van der Waals surface area (Å²) in [5.74, 6) is 0.667. The van der Waals surface area contributed by atoms with Crippen LogP contribution in [0.1, 0.15) is 44.8 Å². The first-order chi connectivity index (χ1) is 14.2. The van der Waals surface area contributed by atoms with Gasteiger partial charge in [0.25, 0.3) is 0 Å². The van der Waals surface area contributed by atoms with Gasteiger partial charge in [0, 0.05) is 32.8 Å². The first-order valence-electron chi connectivity index (χ1n) is 10.8. The van der Waals surface area contributed by atoms with Gasteiger partial charge in [0.1, 0.15) is 11.9 Å². The zero-order chi connectivity index (χ0) is 20.5. The molecule has 0 aromatic heterocycles. The molecule has 0 aliphatic carbocycles. The lowest BCUT2D eigenvalue weighted by Crippen LogP contribution is -2.50. The molecule has 2 aliphatic heterocycles. The summed E-state index contributed by atoms with van der Waals surface area (Å²) in [4.78, 5) is 7.02. The minimum absolute atomic E-state index is 0.0670. The fourth-order valence-electron chi connectivity index (χ4n) is 3.75. The van der Waals surface area contributed by atoms with Crippen LogP contribution in [-0.4, -0.2) is 69.1 Å². The number of aliphatic imine (C=N–C) groups is 1. The molecule has 1 aromatic carbocycles. The van der Waals surface area contributed by atoms with Gasteiger partial charge in [-0.1, -0.05) is 12.1 Å². The summed E-state index contributed by atoms with van der Waals surface area (Å²) < 4.78 is 30.6. The van der Waals surface area contributed by atoms with E-state index in [1.165, 1.54) is 12.1 Å². The van der Waals surface area contributed by atoms with Crippen LogP contribution in [-0.2, 0) is 14.2 Å². The van der Waals surface area contributed by atoms with Gasteiger partial charge in [0.15, 0.2) is 5.96 Å². The minimum atomic E-state index is -0.230. The lowest BCUT2D eigenvalue weighted by atomic mass is 10.1. The van der Waals surface area contributed by atoms with Crippen LogP contribution in [0.2, 0.25) is 0 Å². The number of halogens is 1. The number of rotatable bonds is 8. The molecule has 0 bridgehead atoms. The largest absolute Gasteiger partial charge is 0.379 e. The number of nitrogens with zero attached hydrogens (tertiary/aromatic N) is 2. The second kappa shape index (κ2) is 11.5. The third kappa shape index (κ3) is 6.94. The Labute approximate surface area is 173 Å². The molecule has 162 valence electrons. The van der Waals surface area contributed by atoms with Crippen molar-refractivity contribution in [1.82, 2.24) is 10.2 Å². The van der Waals surface area contributed by atoms with E-state index in [2.05, 4.69) is 24.1 Å². The second-order valence-electron chi connectivity index (χ2n) is 7.69. The zero-order valence-corrected chi connectivity index (χ0v) is 17.6. The predicted octanol–water partition coefficient (Wildman–Crippen LogP) is 3.14. The molecule has 3 atom stereocenters. The van der Waals surface area contributed by atoms with E-state index in [0.29, 0.717) is 26.3 Å². The van der Waals surface area contributed by atoms with Gasteiger partial charge in [-0.05, 0) is 50.8 Å². The molecule has 0 amide bonds. The number of hydrogen-bond donors (Lipinski definition) is 1. The molecule has 29 heavy (non-hydrogen) atoms. The van der Waals surface area contributed by atoms with Gasteiger partial charge in [-0.3, -0.25) is 4.99 Å². The van der Waals surface area contributed by atoms with Gasteiger partial charge in [0.05, 0.1) is 25.4 Å². The van der Waals surface area contributed by atoms with Crippen LogP contribution >= 0.6 is 0 Å². The van der Waals surface area contributed by atoms with E-state index >= 15 is 0 Å². The van der Waals surface area contributed by atoms with Crippen LogP contribution in [0.4, 0.5) is 4.39 Å². The fraction of sp³-hybridized carbons (Fsp3) is 0.682. The first-order valence-corrected chi connectivity index (χ1v) is 10.8. The van der Waals surface area contributed by atoms with Gasteiger partial charge < -0.3 is 24.4 Å². The number of morpholine rings is 1. The average Bonchev–Trinajstić information content (AvgIpc) is 3.23. The summed E-state index contributed by atoms with van der Waals surface area (Å²) in [6.45, 7) is 9.36. The molecule has 2 aliphatic rings. The Hall–Kier alpha value is -1.70. The lowest BCUT2D eigenvalue weighted by molar-refractivity contribution is -0.0605. The van der Waals surface area contributed by atoms with Crippen LogP contribution in [0.25, 0.3) is 0 Å². The zero-order valence-electron chi connectivity index (χ0n) is 17.6. The van der Waals surface area contributed by atoms with Gasteiger partial charge in [0.2, 0.25) is 0 Å². The molecule has 3 unspecified atom stereocenters. The molecule has 2 heterocycles. The monoisotopic (exact) mass is 407 g/mol. The van der Waals surface area contributed by atoms with Crippen molar-refractivity contribution in [1.29, 1.82) is 0 Å². The van der Waals surface area contributed by atoms with Crippen LogP contribution in [0.3, 0.4) is 0 Å². The number of ether oxygens (including phenoxy) is 3. The summed E-state index contributed by atoms with van der Waals surface area (Å²) in [6.07, 6.45) is 3.36. The molecule has 3 rings (SSSR count). The maximum absolute atomic E-state index is 13.3. The molecule has 0 radical (unpaired) electrons. The van der Waals surface area contributed by atoms with Crippen LogP contribution in [0.15, 0.2) is 29.3 Å².